The van der Waals surface area contributed by atoms with Crippen molar-refractivity contribution in [2.45, 2.75) is 39.5 Å². The average molecular weight is 203 g/mol. The highest BCUT2D eigenvalue weighted by molar-refractivity contribution is 6.20. The van der Waals surface area contributed by atoms with Gasteiger partial charge in [-0.05, 0) is 12.3 Å². The first-order valence-corrected chi connectivity index (χ1v) is 4.79. The van der Waals surface area contributed by atoms with Crippen molar-refractivity contribution in [1.82, 2.24) is 10.1 Å². The van der Waals surface area contributed by atoms with Crippen LogP contribution in [0.15, 0.2) is 4.52 Å². The summed E-state index contributed by atoms with van der Waals surface area (Å²) in [5, 5.41) is 3.60. The van der Waals surface area contributed by atoms with Gasteiger partial charge >= 0.3 is 0 Å². The summed E-state index contributed by atoms with van der Waals surface area (Å²) in [6.07, 6.45) is 0.781. The summed E-state index contributed by atoms with van der Waals surface area (Å²) < 4.78 is 5.06. The largest absolute Gasteiger partial charge is 0.339 e. The van der Waals surface area contributed by atoms with Gasteiger partial charge in [0.1, 0.15) is 0 Å². The lowest BCUT2D eigenvalue weighted by molar-refractivity contribution is 0.312. The van der Waals surface area contributed by atoms with E-state index in [4.69, 9.17) is 16.1 Å². The molecule has 4 heteroatoms. The SMILES string of the molecule is CC(Cl)c1noc(CC(C)(C)C)n1. The Hall–Kier alpha value is -0.570. The molecule has 0 radical (unpaired) electrons. The number of alkyl halides is 1. The Morgan fingerprint density at radius 3 is 2.46 bits per heavy atom. The van der Waals surface area contributed by atoms with Crippen molar-refractivity contribution < 1.29 is 4.52 Å². The van der Waals surface area contributed by atoms with Crippen LogP contribution in [-0.4, -0.2) is 10.1 Å². The standard InChI is InChI=1S/C9H15ClN2O/c1-6(10)8-11-7(13-12-8)5-9(2,3)4/h6H,5H2,1-4H3. The number of hydrogen-bond donors (Lipinski definition) is 0. The van der Waals surface area contributed by atoms with E-state index in [-0.39, 0.29) is 10.8 Å². The van der Waals surface area contributed by atoms with Gasteiger partial charge in [0.15, 0.2) is 5.82 Å². The second-order valence-electron chi connectivity index (χ2n) is 4.40. The fourth-order valence-corrected chi connectivity index (χ4v) is 1.04. The quantitative estimate of drug-likeness (QED) is 0.693. The van der Waals surface area contributed by atoms with Crippen LogP contribution in [0.4, 0.5) is 0 Å². The zero-order valence-corrected chi connectivity index (χ0v) is 9.22. The molecule has 1 aromatic heterocycles. The molecular formula is C9H15ClN2O. The van der Waals surface area contributed by atoms with Crippen molar-refractivity contribution >= 4 is 11.6 Å². The summed E-state index contributed by atoms with van der Waals surface area (Å²) in [5.74, 6) is 1.23. The Labute approximate surface area is 83.5 Å². The smallest absolute Gasteiger partial charge is 0.227 e. The molecule has 0 aromatic carbocycles. The normalized spacial score (nSPS) is 14.5. The highest BCUT2D eigenvalue weighted by Crippen LogP contribution is 2.21. The monoisotopic (exact) mass is 202 g/mol. The van der Waals surface area contributed by atoms with Crippen molar-refractivity contribution in [3.05, 3.63) is 11.7 Å². The van der Waals surface area contributed by atoms with Crippen LogP contribution < -0.4 is 0 Å². The van der Waals surface area contributed by atoms with Crippen LogP contribution in [0.2, 0.25) is 0 Å². The first-order valence-electron chi connectivity index (χ1n) is 4.35. The minimum Gasteiger partial charge on any atom is -0.339 e. The van der Waals surface area contributed by atoms with E-state index in [0.29, 0.717) is 11.7 Å². The molecule has 74 valence electrons. The molecule has 0 aliphatic carbocycles. The second-order valence-corrected chi connectivity index (χ2v) is 5.05. The molecule has 1 heterocycles. The van der Waals surface area contributed by atoms with Gasteiger partial charge in [0.05, 0.1) is 5.38 Å². The molecule has 0 amide bonds. The molecule has 0 N–H and O–H groups in total. The average Bonchev–Trinajstić information content (AvgIpc) is 2.31. The van der Waals surface area contributed by atoms with E-state index in [1.807, 2.05) is 6.92 Å². The van der Waals surface area contributed by atoms with E-state index < -0.39 is 0 Å². The van der Waals surface area contributed by atoms with Crippen molar-refractivity contribution in [2.75, 3.05) is 0 Å². The highest BCUT2D eigenvalue weighted by Gasteiger charge is 2.17. The van der Waals surface area contributed by atoms with Crippen LogP contribution >= 0.6 is 11.6 Å². The van der Waals surface area contributed by atoms with Crippen LogP contribution in [0.1, 0.15) is 44.8 Å². The molecule has 0 spiro atoms. The molecule has 1 atom stereocenters. The van der Waals surface area contributed by atoms with Crippen molar-refractivity contribution in [1.29, 1.82) is 0 Å². The zero-order chi connectivity index (χ0) is 10.1. The van der Waals surface area contributed by atoms with Gasteiger partial charge in [-0.15, -0.1) is 11.6 Å². The number of nitrogens with zero attached hydrogens (tertiary/aromatic N) is 2. The minimum atomic E-state index is -0.183. The summed E-state index contributed by atoms with van der Waals surface area (Å²) >= 11 is 5.80. The van der Waals surface area contributed by atoms with Crippen molar-refractivity contribution in [2.24, 2.45) is 5.41 Å². The third-order valence-electron chi connectivity index (χ3n) is 1.52. The molecule has 0 bridgehead atoms. The van der Waals surface area contributed by atoms with E-state index >= 15 is 0 Å². The number of aromatic nitrogens is 2. The fourth-order valence-electron chi connectivity index (χ4n) is 0.955. The fraction of sp³-hybridized carbons (Fsp3) is 0.778. The molecule has 0 aliphatic heterocycles. The molecule has 0 saturated heterocycles. The van der Waals surface area contributed by atoms with Crippen LogP contribution in [0, 0.1) is 5.41 Å². The van der Waals surface area contributed by atoms with Gasteiger partial charge in [0, 0.05) is 6.42 Å². The molecular weight excluding hydrogens is 188 g/mol. The minimum absolute atomic E-state index is 0.166. The Morgan fingerprint density at radius 1 is 1.46 bits per heavy atom. The Morgan fingerprint density at radius 2 is 2.08 bits per heavy atom. The van der Waals surface area contributed by atoms with Crippen LogP contribution in [0.25, 0.3) is 0 Å². The second kappa shape index (κ2) is 3.66. The molecule has 0 saturated carbocycles. The van der Waals surface area contributed by atoms with Crippen LogP contribution in [0.5, 0.6) is 0 Å². The molecule has 0 aliphatic rings. The van der Waals surface area contributed by atoms with Crippen LogP contribution in [0.3, 0.4) is 0 Å². The van der Waals surface area contributed by atoms with Gasteiger partial charge in [-0.25, -0.2) is 0 Å². The zero-order valence-electron chi connectivity index (χ0n) is 8.47. The molecule has 0 fully saturated rings. The van der Waals surface area contributed by atoms with Crippen molar-refractivity contribution in [3.8, 4) is 0 Å². The van der Waals surface area contributed by atoms with Gasteiger partial charge in [-0.3, -0.25) is 0 Å². The van der Waals surface area contributed by atoms with Gasteiger partial charge in [-0.1, -0.05) is 25.9 Å². The summed E-state index contributed by atoms with van der Waals surface area (Å²) in [7, 11) is 0. The maximum Gasteiger partial charge on any atom is 0.227 e. The van der Waals surface area contributed by atoms with E-state index in [9.17, 15) is 0 Å². The first kappa shape index (κ1) is 10.5. The van der Waals surface area contributed by atoms with E-state index in [0.717, 1.165) is 6.42 Å². The van der Waals surface area contributed by atoms with Gasteiger partial charge in [0.25, 0.3) is 0 Å². The van der Waals surface area contributed by atoms with E-state index in [2.05, 4.69) is 30.9 Å². The predicted octanol–water partition coefficient (Wildman–Crippen LogP) is 2.96. The third-order valence-corrected chi connectivity index (χ3v) is 1.72. The number of rotatable bonds is 2. The van der Waals surface area contributed by atoms with Gasteiger partial charge in [0.2, 0.25) is 5.89 Å². The van der Waals surface area contributed by atoms with Gasteiger partial charge in [-0.2, -0.15) is 4.98 Å². The first-order chi connectivity index (χ1) is 5.88. The molecule has 1 aromatic rings. The third kappa shape index (κ3) is 3.35. The topological polar surface area (TPSA) is 38.9 Å². The van der Waals surface area contributed by atoms with Crippen molar-refractivity contribution in [3.63, 3.8) is 0 Å². The lowest BCUT2D eigenvalue weighted by Gasteiger charge is -2.13. The molecule has 1 rings (SSSR count). The lowest BCUT2D eigenvalue weighted by atomic mass is 9.92. The molecule has 3 nitrogen and oxygen atoms in total. The number of halogens is 1. The predicted molar refractivity (Wildman–Crippen MR) is 51.7 cm³/mol. The highest BCUT2D eigenvalue weighted by atomic mass is 35.5. The van der Waals surface area contributed by atoms with Gasteiger partial charge < -0.3 is 4.52 Å². The van der Waals surface area contributed by atoms with Crippen LogP contribution in [-0.2, 0) is 6.42 Å². The Kier molecular flexibility index (Phi) is 2.96. The molecule has 1 unspecified atom stereocenters. The summed E-state index contributed by atoms with van der Waals surface area (Å²) in [5.41, 5.74) is 0.166. The van der Waals surface area contributed by atoms with E-state index in [1.165, 1.54) is 0 Å². The Bertz CT molecular complexity index is 275. The summed E-state index contributed by atoms with van der Waals surface area (Å²) in [6, 6.07) is 0. The lowest BCUT2D eigenvalue weighted by Crippen LogP contribution is -2.09. The molecule has 13 heavy (non-hydrogen) atoms. The Balaban J connectivity index is 2.70. The maximum atomic E-state index is 5.80. The maximum absolute atomic E-state index is 5.80. The summed E-state index contributed by atoms with van der Waals surface area (Å²) in [6.45, 7) is 8.20. The summed E-state index contributed by atoms with van der Waals surface area (Å²) in [4.78, 5) is 4.19. The number of hydrogen-bond acceptors (Lipinski definition) is 3. The van der Waals surface area contributed by atoms with E-state index in [1.54, 1.807) is 0 Å².